The third-order valence-corrected chi connectivity index (χ3v) is 2.91. The first-order valence-corrected chi connectivity index (χ1v) is 6.25. The summed E-state index contributed by atoms with van der Waals surface area (Å²) < 4.78 is 50.6. The molecule has 2 rings (SSSR count). The van der Waals surface area contributed by atoms with E-state index in [1.54, 1.807) is 0 Å². The molecular weight excluding hydrogens is 276 g/mol. The van der Waals surface area contributed by atoms with Gasteiger partial charge in [-0.1, -0.05) is 0 Å². The van der Waals surface area contributed by atoms with Crippen molar-refractivity contribution in [3.8, 4) is 0 Å². The van der Waals surface area contributed by atoms with Crippen LogP contribution in [0.15, 0.2) is 18.2 Å². The minimum Gasteiger partial charge on any atom is -0.351 e. The molecule has 110 valence electrons. The smallest absolute Gasteiger partial charge is 0.351 e. The molecule has 7 heteroatoms. The van der Waals surface area contributed by atoms with Crippen molar-refractivity contribution in [3.05, 3.63) is 35.1 Å². The average Bonchev–Trinajstić information content (AvgIpc) is 3.16. The number of benzene rings is 1. The van der Waals surface area contributed by atoms with Crippen LogP contribution in [0.4, 0.5) is 17.6 Å². The lowest BCUT2D eigenvalue weighted by molar-refractivity contribution is -0.137. The molecule has 0 unspecified atom stereocenters. The van der Waals surface area contributed by atoms with Crippen LogP contribution in [-0.4, -0.2) is 25.0 Å². The zero-order valence-corrected chi connectivity index (χ0v) is 10.6. The predicted octanol–water partition coefficient (Wildman–Crippen LogP) is 2.33. The summed E-state index contributed by atoms with van der Waals surface area (Å²) in [4.78, 5) is 11.7. The fourth-order valence-corrected chi connectivity index (χ4v) is 1.73. The summed E-state index contributed by atoms with van der Waals surface area (Å²) in [5.74, 6) is -1.80. The highest BCUT2D eigenvalue weighted by atomic mass is 19.4. The van der Waals surface area contributed by atoms with Crippen LogP contribution in [0.1, 0.15) is 28.8 Å². The molecule has 0 spiro atoms. The molecular formula is C13H14F4N2O. The Hall–Kier alpha value is -1.63. The van der Waals surface area contributed by atoms with Crippen LogP contribution in [0.5, 0.6) is 0 Å². The number of nitrogens with one attached hydrogen (secondary N) is 2. The Morgan fingerprint density at radius 1 is 1.20 bits per heavy atom. The lowest BCUT2D eigenvalue weighted by Crippen LogP contribution is -2.32. The van der Waals surface area contributed by atoms with E-state index in [9.17, 15) is 22.4 Å². The molecule has 0 saturated heterocycles. The molecule has 0 radical (unpaired) electrons. The first-order chi connectivity index (χ1) is 9.36. The molecule has 1 aromatic carbocycles. The molecule has 1 fully saturated rings. The minimum atomic E-state index is -4.68. The second-order valence-corrected chi connectivity index (χ2v) is 4.71. The fourth-order valence-electron chi connectivity index (χ4n) is 1.73. The van der Waals surface area contributed by atoms with Gasteiger partial charge in [-0.05, 0) is 31.0 Å². The van der Waals surface area contributed by atoms with Gasteiger partial charge in [0.15, 0.2) is 0 Å². The first kappa shape index (κ1) is 14.8. The molecule has 1 saturated carbocycles. The summed E-state index contributed by atoms with van der Waals surface area (Å²) >= 11 is 0. The molecule has 20 heavy (non-hydrogen) atoms. The monoisotopic (exact) mass is 290 g/mol. The summed E-state index contributed by atoms with van der Waals surface area (Å²) in [6.07, 6.45) is -2.47. The Balaban J connectivity index is 1.95. The Morgan fingerprint density at radius 2 is 1.90 bits per heavy atom. The van der Waals surface area contributed by atoms with Gasteiger partial charge in [0.05, 0.1) is 5.56 Å². The Labute approximate surface area is 113 Å². The molecule has 0 atom stereocenters. The normalized spacial score (nSPS) is 15.2. The van der Waals surface area contributed by atoms with E-state index in [1.165, 1.54) is 0 Å². The van der Waals surface area contributed by atoms with Crippen LogP contribution in [-0.2, 0) is 6.18 Å². The minimum absolute atomic E-state index is 0.285. The van der Waals surface area contributed by atoms with Gasteiger partial charge in [-0.2, -0.15) is 13.2 Å². The molecule has 3 nitrogen and oxygen atoms in total. The third-order valence-electron chi connectivity index (χ3n) is 2.91. The highest BCUT2D eigenvalue weighted by molar-refractivity contribution is 5.94. The van der Waals surface area contributed by atoms with E-state index in [4.69, 9.17) is 0 Å². The zero-order valence-electron chi connectivity index (χ0n) is 10.6. The standard InChI is InChI=1S/C13H14F4N2O/c14-10-6-8(5-9(7-10)13(15,16)17)12(20)19-4-3-18-11-1-2-11/h5-7,11,18H,1-4H2,(H,19,20). The van der Waals surface area contributed by atoms with Crippen LogP contribution in [0.25, 0.3) is 0 Å². The van der Waals surface area contributed by atoms with E-state index in [0.29, 0.717) is 24.7 Å². The lowest BCUT2D eigenvalue weighted by Gasteiger charge is -2.10. The topological polar surface area (TPSA) is 41.1 Å². The maximum atomic E-state index is 13.1. The number of alkyl halides is 3. The zero-order chi connectivity index (χ0) is 14.8. The summed E-state index contributed by atoms with van der Waals surface area (Å²) in [5, 5.41) is 5.59. The van der Waals surface area contributed by atoms with Gasteiger partial charge in [0.1, 0.15) is 5.82 Å². The Morgan fingerprint density at radius 3 is 2.50 bits per heavy atom. The van der Waals surface area contributed by atoms with E-state index in [-0.39, 0.29) is 12.1 Å². The highest BCUT2D eigenvalue weighted by Gasteiger charge is 2.32. The van der Waals surface area contributed by atoms with E-state index in [0.717, 1.165) is 18.9 Å². The molecule has 0 aromatic heterocycles. The molecule has 1 aliphatic carbocycles. The second-order valence-electron chi connectivity index (χ2n) is 4.71. The molecule has 0 bridgehead atoms. The summed E-state index contributed by atoms with van der Waals surface area (Å²) in [6.45, 7) is 0.824. The number of hydrogen-bond donors (Lipinski definition) is 2. The molecule has 0 heterocycles. The van der Waals surface area contributed by atoms with Crippen molar-refractivity contribution in [1.82, 2.24) is 10.6 Å². The van der Waals surface area contributed by atoms with Gasteiger partial charge < -0.3 is 10.6 Å². The number of amides is 1. The van der Waals surface area contributed by atoms with Crippen molar-refractivity contribution >= 4 is 5.91 Å². The van der Waals surface area contributed by atoms with Crippen molar-refractivity contribution in [1.29, 1.82) is 0 Å². The first-order valence-electron chi connectivity index (χ1n) is 6.25. The van der Waals surface area contributed by atoms with Gasteiger partial charge in [-0.25, -0.2) is 4.39 Å². The maximum absolute atomic E-state index is 13.1. The number of carbonyl (C=O) groups is 1. The lowest BCUT2D eigenvalue weighted by atomic mass is 10.1. The maximum Gasteiger partial charge on any atom is 0.416 e. The highest BCUT2D eigenvalue weighted by Crippen LogP contribution is 2.30. The van der Waals surface area contributed by atoms with E-state index >= 15 is 0 Å². The molecule has 2 N–H and O–H groups in total. The number of hydrogen-bond acceptors (Lipinski definition) is 2. The van der Waals surface area contributed by atoms with E-state index in [1.807, 2.05) is 0 Å². The largest absolute Gasteiger partial charge is 0.416 e. The average molecular weight is 290 g/mol. The summed E-state index contributed by atoms with van der Waals surface area (Å²) in [5.41, 5.74) is -1.50. The van der Waals surface area contributed by atoms with Crippen LogP contribution >= 0.6 is 0 Å². The SMILES string of the molecule is O=C(NCCNC1CC1)c1cc(F)cc(C(F)(F)F)c1. The molecule has 1 amide bonds. The third kappa shape index (κ3) is 4.19. The quantitative estimate of drug-likeness (QED) is 0.645. The fraction of sp³-hybridized carbons (Fsp3) is 0.462. The van der Waals surface area contributed by atoms with Crippen LogP contribution < -0.4 is 10.6 Å². The Kier molecular flexibility index (Phi) is 4.27. The molecule has 1 aliphatic rings. The van der Waals surface area contributed by atoms with Crippen molar-refractivity contribution in [2.24, 2.45) is 0 Å². The van der Waals surface area contributed by atoms with Gasteiger partial charge in [-0.3, -0.25) is 4.79 Å². The Bertz CT molecular complexity index is 498. The van der Waals surface area contributed by atoms with E-state index in [2.05, 4.69) is 10.6 Å². The van der Waals surface area contributed by atoms with Crippen molar-refractivity contribution in [2.75, 3.05) is 13.1 Å². The summed E-state index contributed by atoms with van der Waals surface area (Å²) in [6, 6.07) is 2.29. The van der Waals surface area contributed by atoms with Crippen LogP contribution in [0, 0.1) is 5.82 Å². The molecule has 0 aliphatic heterocycles. The van der Waals surface area contributed by atoms with Gasteiger partial charge >= 0.3 is 6.18 Å². The van der Waals surface area contributed by atoms with Crippen molar-refractivity contribution in [3.63, 3.8) is 0 Å². The van der Waals surface area contributed by atoms with Crippen molar-refractivity contribution in [2.45, 2.75) is 25.1 Å². The van der Waals surface area contributed by atoms with Crippen molar-refractivity contribution < 1.29 is 22.4 Å². The van der Waals surface area contributed by atoms with Crippen LogP contribution in [0.2, 0.25) is 0 Å². The van der Waals surface area contributed by atoms with E-state index < -0.39 is 23.5 Å². The van der Waals surface area contributed by atoms with Crippen LogP contribution in [0.3, 0.4) is 0 Å². The second kappa shape index (κ2) is 5.78. The number of carbonyl (C=O) groups excluding carboxylic acids is 1. The number of rotatable bonds is 5. The molecule has 1 aromatic rings. The van der Waals surface area contributed by atoms with Gasteiger partial charge in [0.25, 0.3) is 5.91 Å². The van der Waals surface area contributed by atoms with Gasteiger partial charge in [0, 0.05) is 24.7 Å². The predicted molar refractivity (Wildman–Crippen MR) is 64.8 cm³/mol. The van der Waals surface area contributed by atoms with Gasteiger partial charge in [0.2, 0.25) is 0 Å². The number of halogens is 4. The summed E-state index contributed by atoms with van der Waals surface area (Å²) in [7, 11) is 0. The van der Waals surface area contributed by atoms with Gasteiger partial charge in [-0.15, -0.1) is 0 Å².